The first kappa shape index (κ1) is 16.0. The van der Waals surface area contributed by atoms with Crippen molar-refractivity contribution in [3.63, 3.8) is 0 Å². The van der Waals surface area contributed by atoms with Gasteiger partial charge in [-0.05, 0) is 30.5 Å². The molecule has 0 bridgehead atoms. The lowest BCUT2D eigenvalue weighted by Gasteiger charge is -2.24. The highest BCUT2D eigenvalue weighted by Gasteiger charge is 2.22. The molecule has 1 aromatic carbocycles. The zero-order chi connectivity index (χ0) is 17.1. The van der Waals surface area contributed by atoms with Gasteiger partial charge < -0.3 is 9.88 Å². The van der Waals surface area contributed by atoms with Crippen LogP contribution in [0.25, 0.3) is 5.69 Å². The van der Waals surface area contributed by atoms with Crippen molar-refractivity contribution < 1.29 is 0 Å². The van der Waals surface area contributed by atoms with Gasteiger partial charge >= 0.3 is 0 Å². The minimum Gasteiger partial charge on any atom is -0.315 e. The standard InChI is InChI=1S/C18H23N7/c1-2-17-22-23-18-8-7-14(11-24(17)18)9-19-10-15-5-3-4-6-16(15)25-13-20-12-21-25/h3-6,12-14,19H,2,7-11H2,1H3/t14-/m1/s1. The second-order valence-corrected chi connectivity index (χ2v) is 6.50. The summed E-state index contributed by atoms with van der Waals surface area (Å²) in [6.45, 7) is 4.97. The van der Waals surface area contributed by atoms with Gasteiger partial charge in [0.15, 0.2) is 0 Å². The van der Waals surface area contributed by atoms with Crippen molar-refractivity contribution in [3.8, 4) is 5.69 Å². The molecule has 1 aliphatic rings. The van der Waals surface area contributed by atoms with E-state index in [2.05, 4.69) is 55.3 Å². The summed E-state index contributed by atoms with van der Waals surface area (Å²) in [5.74, 6) is 2.87. The number of fused-ring (bicyclic) bond motifs is 1. The summed E-state index contributed by atoms with van der Waals surface area (Å²) in [6.07, 6.45) is 6.43. The summed E-state index contributed by atoms with van der Waals surface area (Å²) >= 11 is 0. The van der Waals surface area contributed by atoms with Gasteiger partial charge in [-0.1, -0.05) is 25.1 Å². The Labute approximate surface area is 147 Å². The average Bonchev–Trinajstić information content (AvgIpc) is 3.31. The summed E-state index contributed by atoms with van der Waals surface area (Å²) in [7, 11) is 0. The molecule has 130 valence electrons. The van der Waals surface area contributed by atoms with Crippen LogP contribution in [-0.2, 0) is 25.9 Å². The van der Waals surface area contributed by atoms with E-state index in [0.717, 1.165) is 49.8 Å². The summed E-state index contributed by atoms with van der Waals surface area (Å²) in [5.41, 5.74) is 2.30. The van der Waals surface area contributed by atoms with Crippen LogP contribution in [0.3, 0.4) is 0 Å². The fraction of sp³-hybridized carbons (Fsp3) is 0.444. The molecular weight excluding hydrogens is 314 g/mol. The summed E-state index contributed by atoms with van der Waals surface area (Å²) in [6, 6.07) is 8.30. The van der Waals surface area contributed by atoms with Crippen LogP contribution in [0.1, 0.15) is 30.6 Å². The van der Waals surface area contributed by atoms with E-state index in [-0.39, 0.29) is 0 Å². The lowest BCUT2D eigenvalue weighted by molar-refractivity contribution is 0.342. The Kier molecular flexibility index (Phi) is 4.56. The van der Waals surface area contributed by atoms with Crippen molar-refractivity contribution in [1.29, 1.82) is 0 Å². The summed E-state index contributed by atoms with van der Waals surface area (Å²) < 4.78 is 4.12. The molecule has 2 aromatic heterocycles. The molecule has 4 rings (SSSR count). The van der Waals surface area contributed by atoms with E-state index < -0.39 is 0 Å². The first-order valence-electron chi connectivity index (χ1n) is 8.89. The van der Waals surface area contributed by atoms with Gasteiger partial charge in [-0.15, -0.1) is 10.2 Å². The minimum atomic E-state index is 0.618. The van der Waals surface area contributed by atoms with E-state index in [4.69, 9.17) is 0 Å². The predicted molar refractivity (Wildman–Crippen MR) is 94.3 cm³/mol. The largest absolute Gasteiger partial charge is 0.315 e. The molecule has 0 aliphatic carbocycles. The molecule has 3 aromatic rings. The Bertz CT molecular complexity index is 808. The fourth-order valence-corrected chi connectivity index (χ4v) is 3.51. The van der Waals surface area contributed by atoms with Crippen molar-refractivity contribution >= 4 is 0 Å². The second kappa shape index (κ2) is 7.14. The molecule has 7 heteroatoms. The van der Waals surface area contributed by atoms with Crippen LogP contribution >= 0.6 is 0 Å². The molecule has 1 aliphatic heterocycles. The van der Waals surface area contributed by atoms with Crippen molar-refractivity contribution in [1.82, 2.24) is 34.8 Å². The first-order valence-corrected chi connectivity index (χ1v) is 8.89. The molecule has 3 heterocycles. The molecule has 1 atom stereocenters. The maximum absolute atomic E-state index is 4.31. The highest BCUT2D eigenvalue weighted by molar-refractivity contribution is 5.39. The van der Waals surface area contributed by atoms with Crippen LogP contribution in [0.15, 0.2) is 36.9 Å². The van der Waals surface area contributed by atoms with Gasteiger partial charge in [0.1, 0.15) is 24.3 Å². The van der Waals surface area contributed by atoms with Gasteiger partial charge in [0, 0.05) is 25.9 Å². The Morgan fingerprint density at radius 3 is 3.00 bits per heavy atom. The Morgan fingerprint density at radius 1 is 1.24 bits per heavy atom. The van der Waals surface area contributed by atoms with Gasteiger partial charge in [-0.2, -0.15) is 5.10 Å². The number of nitrogens with one attached hydrogen (secondary N) is 1. The van der Waals surface area contributed by atoms with E-state index in [1.54, 1.807) is 12.7 Å². The van der Waals surface area contributed by atoms with Crippen LogP contribution in [0.4, 0.5) is 0 Å². The van der Waals surface area contributed by atoms with Crippen molar-refractivity contribution in [2.24, 2.45) is 5.92 Å². The maximum Gasteiger partial charge on any atom is 0.138 e. The summed E-state index contributed by atoms with van der Waals surface area (Å²) in [5, 5.41) is 16.5. The van der Waals surface area contributed by atoms with Crippen molar-refractivity contribution in [2.75, 3.05) is 6.54 Å². The quantitative estimate of drug-likeness (QED) is 0.742. The lowest BCUT2D eigenvalue weighted by Crippen LogP contribution is -2.30. The molecule has 0 radical (unpaired) electrons. The molecule has 25 heavy (non-hydrogen) atoms. The highest BCUT2D eigenvalue weighted by Crippen LogP contribution is 2.20. The first-order chi connectivity index (χ1) is 12.3. The van der Waals surface area contributed by atoms with Crippen LogP contribution in [0.2, 0.25) is 0 Å². The van der Waals surface area contributed by atoms with Gasteiger partial charge in [-0.25, -0.2) is 9.67 Å². The van der Waals surface area contributed by atoms with E-state index in [0.29, 0.717) is 5.92 Å². The highest BCUT2D eigenvalue weighted by atomic mass is 15.3. The zero-order valence-electron chi connectivity index (χ0n) is 14.5. The number of aromatic nitrogens is 6. The Balaban J connectivity index is 1.38. The monoisotopic (exact) mass is 337 g/mol. The third-order valence-corrected chi connectivity index (χ3v) is 4.84. The number of rotatable bonds is 6. The van der Waals surface area contributed by atoms with Crippen molar-refractivity contribution in [3.05, 3.63) is 54.1 Å². The maximum atomic E-state index is 4.31. The lowest BCUT2D eigenvalue weighted by atomic mass is 9.99. The zero-order valence-corrected chi connectivity index (χ0v) is 14.5. The number of para-hydroxylation sites is 1. The molecule has 0 fully saturated rings. The number of hydrogen-bond acceptors (Lipinski definition) is 5. The second-order valence-electron chi connectivity index (χ2n) is 6.50. The Hall–Kier alpha value is -2.54. The van der Waals surface area contributed by atoms with Gasteiger partial charge in [0.25, 0.3) is 0 Å². The number of benzene rings is 1. The van der Waals surface area contributed by atoms with Gasteiger partial charge in [0.05, 0.1) is 5.69 Å². The normalized spacial score (nSPS) is 16.8. The molecule has 0 unspecified atom stereocenters. The van der Waals surface area contributed by atoms with E-state index >= 15 is 0 Å². The van der Waals surface area contributed by atoms with E-state index in [1.165, 1.54) is 12.0 Å². The molecule has 1 N–H and O–H groups in total. The van der Waals surface area contributed by atoms with Crippen LogP contribution in [0.5, 0.6) is 0 Å². The molecule has 0 saturated heterocycles. The van der Waals surface area contributed by atoms with Crippen molar-refractivity contribution in [2.45, 2.75) is 39.3 Å². The van der Waals surface area contributed by atoms with Crippen LogP contribution < -0.4 is 5.32 Å². The molecule has 0 spiro atoms. The van der Waals surface area contributed by atoms with Crippen LogP contribution in [0, 0.1) is 5.92 Å². The predicted octanol–water partition coefficient (Wildman–Crippen LogP) is 1.77. The third kappa shape index (κ3) is 3.32. The number of hydrogen-bond donors (Lipinski definition) is 1. The molecule has 7 nitrogen and oxygen atoms in total. The third-order valence-electron chi connectivity index (χ3n) is 4.84. The average molecular weight is 337 g/mol. The van der Waals surface area contributed by atoms with Gasteiger partial charge in [0.2, 0.25) is 0 Å². The van der Waals surface area contributed by atoms with E-state index in [1.807, 2.05) is 10.7 Å². The summed E-state index contributed by atoms with van der Waals surface area (Å²) in [4.78, 5) is 4.04. The number of aryl methyl sites for hydroxylation is 2. The number of nitrogens with zero attached hydrogens (tertiary/aromatic N) is 6. The van der Waals surface area contributed by atoms with Gasteiger partial charge in [-0.3, -0.25) is 0 Å². The van der Waals surface area contributed by atoms with Crippen LogP contribution in [-0.4, -0.2) is 36.1 Å². The molecule has 0 saturated carbocycles. The fourth-order valence-electron chi connectivity index (χ4n) is 3.51. The Morgan fingerprint density at radius 2 is 2.16 bits per heavy atom. The minimum absolute atomic E-state index is 0.618. The van der Waals surface area contributed by atoms with E-state index in [9.17, 15) is 0 Å². The smallest absolute Gasteiger partial charge is 0.138 e. The molecule has 0 amide bonds. The SMILES string of the molecule is CCc1nnc2n1C[C@@H](CNCc1ccccc1-n1cncn1)CC2. The topological polar surface area (TPSA) is 73.5 Å². The molecular formula is C18H23N7.